The average Bonchev–Trinajstić information content (AvgIpc) is 1.88. The smallest absolute Gasteiger partial charge is 0.234 e. The van der Waals surface area contributed by atoms with E-state index in [1.165, 1.54) is 0 Å². The molecule has 60 valence electrons. The van der Waals surface area contributed by atoms with E-state index in [-0.39, 0.29) is 5.91 Å². The van der Waals surface area contributed by atoms with Crippen LogP contribution < -0.4 is 10.6 Å². The zero-order chi connectivity index (χ0) is 7.98. The largest absolute Gasteiger partial charge is 0.353 e. The molecule has 0 aromatic carbocycles. The summed E-state index contributed by atoms with van der Waals surface area (Å²) in [5, 5.41) is 5.61. The van der Waals surface area contributed by atoms with Crippen molar-refractivity contribution in [2.24, 2.45) is 0 Å². The van der Waals surface area contributed by atoms with Crippen LogP contribution in [0.1, 0.15) is 20.3 Å². The maximum atomic E-state index is 10.8. The first-order valence-electron chi connectivity index (χ1n) is 3.64. The lowest BCUT2D eigenvalue weighted by atomic mass is 10.2. The summed E-state index contributed by atoms with van der Waals surface area (Å²) in [4.78, 5) is 10.8. The van der Waals surface area contributed by atoms with E-state index in [0.29, 0.717) is 12.6 Å². The molecule has 0 spiro atoms. The van der Waals surface area contributed by atoms with E-state index in [2.05, 4.69) is 10.6 Å². The molecule has 1 amide bonds. The summed E-state index contributed by atoms with van der Waals surface area (Å²) in [7, 11) is 1.76. The number of hydrogen-bond donors (Lipinski definition) is 2. The van der Waals surface area contributed by atoms with E-state index in [0.717, 1.165) is 6.42 Å². The highest BCUT2D eigenvalue weighted by Gasteiger charge is 2.01. The molecule has 3 heteroatoms. The van der Waals surface area contributed by atoms with Gasteiger partial charge in [-0.2, -0.15) is 0 Å². The van der Waals surface area contributed by atoms with Crippen LogP contribution in [0.4, 0.5) is 0 Å². The Balaban J connectivity index is 3.37. The van der Waals surface area contributed by atoms with Crippen molar-refractivity contribution >= 4 is 5.91 Å². The second-order valence-electron chi connectivity index (χ2n) is 2.41. The minimum atomic E-state index is 0.0665. The molecule has 0 saturated carbocycles. The van der Waals surface area contributed by atoms with E-state index in [4.69, 9.17) is 0 Å². The van der Waals surface area contributed by atoms with Gasteiger partial charge in [0.1, 0.15) is 0 Å². The monoisotopic (exact) mass is 144 g/mol. The number of nitrogens with one attached hydrogen (secondary N) is 2. The molecule has 0 bridgehead atoms. The molecule has 0 aliphatic heterocycles. The summed E-state index contributed by atoms with van der Waals surface area (Å²) in [6.07, 6.45) is 0.982. The molecule has 0 aliphatic carbocycles. The van der Waals surface area contributed by atoms with Gasteiger partial charge < -0.3 is 10.6 Å². The number of amides is 1. The second kappa shape index (κ2) is 5.23. The van der Waals surface area contributed by atoms with E-state index >= 15 is 0 Å². The van der Waals surface area contributed by atoms with Crippen molar-refractivity contribution in [2.75, 3.05) is 13.6 Å². The summed E-state index contributed by atoms with van der Waals surface area (Å²) >= 11 is 0. The van der Waals surface area contributed by atoms with Crippen molar-refractivity contribution in [3.8, 4) is 0 Å². The van der Waals surface area contributed by atoms with Crippen LogP contribution >= 0.6 is 0 Å². The first-order chi connectivity index (χ1) is 4.70. The van der Waals surface area contributed by atoms with Crippen LogP contribution in [0, 0.1) is 0 Å². The molecule has 0 saturated heterocycles. The van der Waals surface area contributed by atoms with Gasteiger partial charge in [0.15, 0.2) is 0 Å². The van der Waals surface area contributed by atoms with Crippen molar-refractivity contribution in [3.05, 3.63) is 0 Å². The Morgan fingerprint density at radius 2 is 2.20 bits per heavy atom. The normalized spacial score (nSPS) is 12.7. The van der Waals surface area contributed by atoms with Gasteiger partial charge in [-0.3, -0.25) is 4.79 Å². The van der Waals surface area contributed by atoms with Gasteiger partial charge in [-0.05, 0) is 20.4 Å². The quantitative estimate of drug-likeness (QED) is 0.588. The standard InChI is InChI=1S/C7H16N2O/c1-4-6(2)9-7(10)5-8-3/h6,8H,4-5H2,1-3H3,(H,9,10)/t6-/m0/s1. The number of likely N-dealkylation sites (N-methyl/N-ethyl adjacent to an activating group) is 1. The van der Waals surface area contributed by atoms with Crippen LogP contribution in [0.5, 0.6) is 0 Å². The highest BCUT2D eigenvalue weighted by Crippen LogP contribution is 1.85. The number of carbonyl (C=O) groups excluding carboxylic acids is 1. The first kappa shape index (κ1) is 9.43. The Morgan fingerprint density at radius 3 is 2.60 bits per heavy atom. The number of carbonyl (C=O) groups is 1. The minimum Gasteiger partial charge on any atom is -0.353 e. The van der Waals surface area contributed by atoms with Crippen molar-refractivity contribution < 1.29 is 4.79 Å². The molecular weight excluding hydrogens is 128 g/mol. The fraction of sp³-hybridized carbons (Fsp3) is 0.857. The Hall–Kier alpha value is -0.570. The molecule has 0 unspecified atom stereocenters. The Bertz CT molecular complexity index is 104. The third kappa shape index (κ3) is 4.32. The SMILES string of the molecule is CC[C@H](C)NC(=O)CNC. The molecule has 0 aromatic rings. The maximum Gasteiger partial charge on any atom is 0.234 e. The molecule has 0 aliphatic rings. The van der Waals surface area contributed by atoms with E-state index in [9.17, 15) is 4.79 Å². The fourth-order valence-corrected chi connectivity index (χ4v) is 0.588. The van der Waals surface area contributed by atoms with Gasteiger partial charge in [0, 0.05) is 6.04 Å². The molecule has 0 radical (unpaired) electrons. The zero-order valence-corrected chi connectivity index (χ0v) is 6.90. The Kier molecular flexibility index (Phi) is 4.94. The first-order valence-corrected chi connectivity index (χ1v) is 3.64. The van der Waals surface area contributed by atoms with Gasteiger partial charge in [0.05, 0.1) is 6.54 Å². The fourth-order valence-electron chi connectivity index (χ4n) is 0.588. The number of hydrogen-bond acceptors (Lipinski definition) is 2. The lowest BCUT2D eigenvalue weighted by molar-refractivity contribution is -0.120. The van der Waals surface area contributed by atoms with Crippen molar-refractivity contribution in [2.45, 2.75) is 26.3 Å². The van der Waals surface area contributed by atoms with Crippen LogP contribution in [0.2, 0.25) is 0 Å². The van der Waals surface area contributed by atoms with E-state index < -0.39 is 0 Å². The Morgan fingerprint density at radius 1 is 1.60 bits per heavy atom. The highest BCUT2D eigenvalue weighted by atomic mass is 16.1. The predicted molar refractivity (Wildman–Crippen MR) is 41.8 cm³/mol. The molecule has 0 rings (SSSR count). The maximum absolute atomic E-state index is 10.8. The molecular formula is C7H16N2O. The van der Waals surface area contributed by atoms with Gasteiger partial charge in [-0.1, -0.05) is 6.92 Å². The summed E-state index contributed by atoms with van der Waals surface area (Å²) in [5.74, 6) is 0.0665. The molecule has 10 heavy (non-hydrogen) atoms. The van der Waals surface area contributed by atoms with Crippen LogP contribution in [-0.4, -0.2) is 25.5 Å². The highest BCUT2D eigenvalue weighted by molar-refractivity contribution is 5.78. The van der Waals surface area contributed by atoms with Crippen molar-refractivity contribution in [1.82, 2.24) is 10.6 Å². The Labute approximate surface area is 62.2 Å². The molecule has 0 heterocycles. The summed E-state index contributed by atoms with van der Waals surface area (Å²) in [5.41, 5.74) is 0. The average molecular weight is 144 g/mol. The van der Waals surface area contributed by atoms with E-state index in [1.54, 1.807) is 7.05 Å². The molecule has 3 nitrogen and oxygen atoms in total. The van der Waals surface area contributed by atoms with Gasteiger partial charge in [0.2, 0.25) is 5.91 Å². The minimum absolute atomic E-state index is 0.0665. The van der Waals surface area contributed by atoms with Gasteiger partial charge in [-0.25, -0.2) is 0 Å². The van der Waals surface area contributed by atoms with Crippen LogP contribution in [0.15, 0.2) is 0 Å². The van der Waals surface area contributed by atoms with Crippen LogP contribution in [0.3, 0.4) is 0 Å². The molecule has 0 aromatic heterocycles. The number of rotatable bonds is 4. The van der Waals surface area contributed by atoms with Crippen LogP contribution in [0.25, 0.3) is 0 Å². The van der Waals surface area contributed by atoms with Crippen LogP contribution in [-0.2, 0) is 4.79 Å². The second-order valence-corrected chi connectivity index (χ2v) is 2.41. The molecule has 0 fully saturated rings. The topological polar surface area (TPSA) is 41.1 Å². The predicted octanol–water partition coefficient (Wildman–Crippen LogP) is 0.120. The molecule has 1 atom stereocenters. The van der Waals surface area contributed by atoms with Gasteiger partial charge in [-0.15, -0.1) is 0 Å². The summed E-state index contributed by atoms with van der Waals surface area (Å²) < 4.78 is 0. The lowest BCUT2D eigenvalue weighted by Gasteiger charge is -2.10. The third-order valence-corrected chi connectivity index (χ3v) is 1.36. The molecule has 2 N–H and O–H groups in total. The van der Waals surface area contributed by atoms with Gasteiger partial charge in [0.25, 0.3) is 0 Å². The zero-order valence-electron chi connectivity index (χ0n) is 6.90. The summed E-state index contributed by atoms with van der Waals surface area (Å²) in [6, 6.07) is 0.292. The summed E-state index contributed by atoms with van der Waals surface area (Å²) in [6.45, 7) is 4.45. The van der Waals surface area contributed by atoms with Gasteiger partial charge >= 0.3 is 0 Å². The lowest BCUT2D eigenvalue weighted by Crippen LogP contribution is -2.37. The third-order valence-electron chi connectivity index (χ3n) is 1.36. The van der Waals surface area contributed by atoms with Crippen molar-refractivity contribution in [3.63, 3.8) is 0 Å². The van der Waals surface area contributed by atoms with Crippen molar-refractivity contribution in [1.29, 1.82) is 0 Å². The van der Waals surface area contributed by atoms with E-state index in [1.807, 2.05) is 13.8 Å².